The largest absolute Gasteiger partial charge is 0.322 e. The lowest BCUT2D eigenvalue weighted by atomic mass is 10.1. The number of quaternary nitrogens is 2. The summed E-state index contributed by atoms with van der Waals surface area (Å²) in [4.78, 5) is 15.0. The van der Waals surface area contributed by atoms with Crippen molar-refractivity contribution in [2.24, 2.45) is 0 Å². The maximum atomic E-state index is 13.8. The maximum Gasteiger partial charge on any atom is 0.282 e. The third-order valence-electron chi connectivity index (χ3n) is 5.43. The van der Waals surface area contributed by atoms with E-state index in [0.29, 0.717) is 0 Å². The van der Waals surface area contributed by atoms with E-state index in [1.807, 2.05) is 0 Å². The van der Waals surface area contributed by atoms with E-state index in [9.17, 15) is 18.0 Å². The maximum absolute atomic E-state index is 13.8. The fourth-order valence-electron chi connectivity index (χ4n) is 3.69. The van der Waals surface area contributed by atoms with Gasteiger partial charge in [-0.2, -0.15) is 0 Å². The Balaban J connectivity index is 1.54. The van der Waals surface area contributed by atoms with E-state index < -0.39 is 29.4 Å². The van der Waals surface area contributed by atoms with Gasteiger partial charge in [0.1, 0.15) is 32.7 Å². The summed E-state index contributed by atoms with van der Waals surface area (Å²) in [6.07, 6.45) is 0. The fourth-order valence-corrected chi connectivity index (χ4v) is 3.69. The second-order valence-corrected chi connectivity index (χ2v) is 7.51. The molecule has 7 heteroatoms. The molecule has 1 atom stereocenters. The van der Waals surface area contributed by atoms with Gasteiger partial charge in [0.25, 0.3) is 5.91 Å². The smallest absolute Gasteiger partial charge is 0.282 e. The quantitative estimate of drug-likeness (QED) is 0.644. The third-order valence-corrected chi connectivity index (χ3v) is 5.43. The molecular formula is C21H26F3N3O+2. The Morgan fingerprint density at radius 1 is 1.07 bits per heavy atom. The SMILES string of the molecule is Cc1cccc(C[NH+]2CC[NH+]([C@H](C)C(=O)Nc3ccc(F)c(F)c3F)CC2)c1. The number of aryl methyl sites for hydroxylation is 1. The Morgan fingerprint density at radius 2 is 1.79 bits per heavy atom. The molecule has 0 spiro atoms. The van der Waals surface area contributed by atoms with Crippen LogP contribution in [0.15, 0.2) is 36.4 Å². The van der Waals surface area contributed by atoms with Crippen LogP contribution in [0.1, 0.15) is 18.1 Å². The highest BCUT2D eigenvalue weighted by molar-refractivity contribution is 5.93. The van der Waals surface area contributed by atoms with Crippen LogP contribution in [-0.2, 0) is 11.3 Å². The van der Waals surface area contributed by atoms with Crippen molar-refractivity contribution in [3.63, 3.8) is 0 Å². The number of carbonyl (C=O) groups excluding carboxylic acids is 1. The Kier molecular flexibility index (Phi) is 6.36. The first-order valence-corrected chi connectivity index (χ1v) is 9.53. The Hall–Kier alpha value is -2.38. The third kappa shape index (κ3) is 4.72. The van der Waals surface area contributed by atoms with Gasteiger partial charge >= 0.3 is 0 Å². The molecule has 0 unspecified atom stereocenters. The lowest BCUT2D eigenvalue weighted by Gasteiger charge is -2.32. The molecule has 1 fully saturated rings. The summed E-state index contributed by atoms with van der Waals surface area (Å²) >= 11 is 0. The number of carbonyl (C=O) groups is 1. The average Bonchev–Trinajstić information content (AvgIpc) is 2.68. The predicted molar refractivity (Wildman–Crippen MR) is 101 cm³/mol. The van der Waals surface area contributed by atoms with Gasteiger partial charge in [0.05, 0.1) is 5.69 Å². The summed E-state index contributed by atoms with van der Waals surface area (Å²) < 4.78 is 40.1. The summed E-state index contributed by atoms with van der Waals surface area (Å²) in [5, 5.41) is 2.38. The van der Waals surface area contributed by atoms with E-state index >= 15 is 0 Å². The summed E-state index contributed by atoms with van der Waals surface area (Å²) in [5.74, 6) is -4.63. The Bertz CT molecular complexity index is 851. The average molecular weight is 393 g/mol. The Labute approximate surface area is 162 Å². The molecule has 0 bridgehead atoms. The number of anilines is 1. The van der Waals surface area contributed by atoms with Crippen molar-refractivity contribution in [3.8, 4) is 0 Å². The molecule has 1 aliphatic rings. The van der Waals surface area contributed by atoms with Gasteiger partial charge in [0, 0.05) is 5.56 Å². The number of piperazine rings is 1. The van der Waals surface area contributed by atoms with E-state index in [2.05, 4.69) is 36.5 Å². The van der Waals surface area contributed by atoms with E-state index in [0.717, 1.165) is 49.8 Å². The number of rotatable bonds is 5. The van der Waals surface area contributed by atoms with Crippen LogP contribution < -0.4 is 15.1 Å². The van der Waals surface area contributed by atoms with E-state index in [1.54, 1.807) is 6.92 Å². The molecule has 2 aromatic rings. The van der Waals surface area contributed by atoms with Crippen molar-refractivity contribution >= 4 is 11.6 Å². The molecule has 0 aromatic heterocycles. The van der Waals surface area contributed by atoms with Crippen molar-refractivity contribution in [2.75, 3.05) is 31.5 Å². The second kappa shape index (κ2) is 8.75. The number of hydrogen-bond acceptors (Lipinski definition) is 1. The minimum Gasteiger partial charge on any atom is -0.322 e. The van der Waals surface area contributed by atoms with Crippen molar-refractivity contribution < 1.29 is 27.8 Å². The van der Waals surface area contributed by atoms with Gasteiger partial charge in [0.15, 0.2) is 23.5 Å². The van der Waals surface area contributed by atoms with Crippen molar-refractivity contribution in [1.82, 2.24) is 0 Å². The zero-order valence-electron chi connectivity index (χ0n) is 16.1. The normalized spacial score (nSPS) is 20.6. The molecule has 3 rings (SSSR count). The molecule has 3 N–H and O–H groups in total. The van der Waals surface area contributed by atoms with Crippen LogP contribution in [0.2, 0.25) is 0 Å². The molecule has 0 saturated carbocycles. The molecule has 1 amide bonds. The van der Waals surface area contributed by atoms with Gasteiger partial charge in [-0.15, -0.1) is 0 Å². The number of hydrogen-bond donors (Lipinski definition) is 3. The lowest BCUT2D eigenvalue weighted by Crippen LogP contribution is -3.29. The molecule has 0 radical (unpaired) electrons. The van der Waals surface area contributed by atoms with Crippen LogP contribution in [0.5, 0.6) is 0 Å². The fraction of sp³-hybridized carbons (Fsp3) is 0.381. The number of nitrogens with one attached hydrogen (secondary N) is 3. The predicted octanol–water partition coefficient (Wildman–Crippen LogP) is 0.723. The summed E-state index contributed by atoms with van der Waals surface area (Å²) in [6, 6.07) is 9.90. The highest BCUT2D eigenvalue weighted by Crippen LogP contribution is 2.19. The second-order valence-electron chi connectivity index (χ2n) is 7.51. The number of amides is 1. The topological polar surface area (TPSA) is 38.0 Å². The van der Waals surface area contributed by atoms with E-state index in [4.69, 9.17) is 0 Å². The van der Waals surface area contributed by atoms with E-state index in [-0.39, 0.29) is 5.69 Å². The van der Waals surface area contributed by atoms with Crippen LogP contribution in [-0.4, -0.2) is 38.1 Å². The highest BCUT2D eigenvalue weighted by Gasteiger charge is 2.31. The molecule has 2 aromatic carbocycles. The lowest BCUT2D eigenvalue weighted by molar-refractivity contribution is -1.02. The highest BCUT2D eigenvalue weighted by atomic mass is 19.2. The molecule has 1 saturated heterocycles. The van der Waals surface area contributed by atoms with Gasteiger partial charge in [-0.25, -0.2) is 13.2 Å². The first kappa shape index (κ1) is 20.4. The minimum absolute atomic E-state index is 0.334. The Morgan fingerprint density at radius 3 is 2.46 bits per heavy atom. The van der Waals surface area contributed by atoms with Crippen LogP contribution >= 0.6 is 0 Å². The minimum atomic E-state index is -1.58. The van der Waals surface area contributed by atoms with Crippen LogP contribution in [0.25, 0.3) is 0 Å². The molecule has 28 heavy (non-hydrogen) atoms. The van der Waals surface area contributed by atoms with Gasteiger partial charge in [-0.05, 0) is 26.0 Å². The standard InChI is InChI=1S/C21H24F3N3O/c1-14-4-3-5-16(12-14)13-26-8-10-27(11-9-26)15(2)21(28)25-18-7-6-17(22)19(23)20(18)24/h3-7,12,15H,8-11,13H2,1-2H3,(H,25,28)/p+2/t15-/m1/s1. The first-order chi connectivity index (χ1) is 13.3. The van der Waals surface area contributed by atoms with Crippen molar-refractivity contribution in [3.05, 3.63) is 65.0 Å². The van der Waals surface area contributed by atoms with Crippen molar-refractivity contribution in [2.45, 2.75) is 26.4 Å². The van der Waals surface area contributed by atoms with Crippen LogP contribution in [0, 0.1) is 24.4 Å². The summed E-state index contributed by atoms with van der Waals surface area (Å²) in [5.41, 5.74) is 2.22. The molecule has 150 valence electrons. The molecule has 0 aliphatic carbocycles. The van der Waals surface area contributed by atoms with Gasteiger partial charge in [-0.1, -0.05) is 29.8 Å². The molecule has 1 aliphatic heterocycles. The van der Waals surface area contributed by atoms with Crippen LogP contribution in [0.4, 0.5) is 18.9 Å². The monoisotopic (exact) mass is 393 g/mol. The zero-order valence-corrected chi connectivity index (χ0v) is 16.1. The van der Waals surface area contributed by atoms with Gasteiger partial charge in [-0.3, -0.25) is 4.79 Å². The molecule has 1 heterocycles. The number of benzene rings is 2. The van der Waals surface area contributed by atoms with Gasteiger partial charge in [0.2, 0.25) is 0 Å². The molecule has 4 nitrogen and oxygen atoms in total. The number of halogens is 3. The van der Waals surface area contributed by atoms with Gasteiger partial charge < -0.3 is 15.1 Å². The van der Waals surface area contributed by atoms with Crippen LogP contribution in [0.3, 0.4) is 0 Å². The summed E-state index contributed by atoms with van der Waals surface area (Å²) in [6.45, 7) is 8.30. The van der Waals surface area contributed by atoms with E-state index in [1.165, 1.54) is 16.0 Å². The first-order valence-electron chi connectivity index (χ1n) is 9.53. The molecular weight excluding hydrogens is 367 g/mol. The summed E-state index contributed by atoms with van der Waals surface area (Å²) in [7, 11) is 0. The zero-order chi connectivity index (χ0) is 20.3. The van der Waals surface area contributed by atoms with Crippen molar-refractivity contribution in [1.29, 1.82) is 0 Å².